The molecule has 2 bridgehead atoms. The monoisotopic (exact) mass is 215 g/mol. The molecule has 1 aromatic rings. The van der Waals surface area contributed by atoms with Crippen molar-refractivity contribution in [1.29, 1.82) is 0 Å². The Morgan fingerprint density at radius 3 is 2.75 bits per heavy atom. The van der Waals surface area contributed by atoms with Crippen LogP contribution >= 0.6 is 0 Å². The molecule has 0 spiro atoms. The van der Waals surface area contributed by atoms with E-state index in [4.69, 9.17) is 9.47 Å². The van der Waals surface area contributed by atoms with Crippen LogP contribution in [0, 0.1) is 0 Å². The van der Waals surface area contributed by atoms with Crippen molar-refractivity contribution in [1.82, 2.24) is 5.32 Å². The van der Waals surface area contributed by atoms with Crippen LogP contribution in [-0.2, 0) is 4.79 Å². The predicted molar refractivity (Wildman–Crippen MR) is 55.3 cm³/mol. The van der Waals surface area contributed by atoms with Crippen LogP contribution in [0.25, 0.3) is 0 Å². The van der Waals surface area contributed by atoms with Gasteiger partial charge >= 0.3 is 0 Å². The van der Waals surface area contributed by atoms with Crippen LogP contribution in [0.5, 0.6) is 11.5 Å². The third-order valence-corrected chi connectivity index (χ3v) is 3.31. The molecule has 3 heterocycles. The van der Waals surface area contributed by atoms with Crippen LogP contribution < -0.4 is 14.8 Å². The minimum atomic E-state index is -0.209. The van der Waals surface area contributed by atoms with Gasteiger partial charge in [-0.25, -0.2) is 0 Å². The molecule has 4 heteroatoms. The van der Waals surface area contributed by atoms with E-state index in [0.29, 0.717) is 0 Å². The van der Waals surface area contributed by atoms with Crippen LogP contribution in [0.4, 0.5) is 0 Å². The summed E-state index contributed by atoms with van der Waals surface area (Å²) in [7, 11) is 0. The zero-order valence-electron chi connectivity index (χ0n) is 8.40. The second-order valence-corrected chi connectivity index (χ2v) is 4.17. The first-order chi connectivity index (χ1) is 7.83. The number of carbonyl (C=O) groups is 1. The standard InChI is InChI=1S/C12H9NO3/c14-9-2-1-8-6-3-10-11(16-5-15-10)4-7(6)12(9)13-8/h1-4,8,12-13H,5H2. The summed E-state index contributed by atoms with van der Waals surface area (Å²) in [6.45, 7) is 0.269. The van der Waals surface area contributed by atoms with E-state index in [1.807, 2.05) is 18.2 Å². The number of benzene rings is 1. The fourth-order valence-corrected chi connectivity index (χ4v) is 2.53. The summed E-state index contributed by atoms with van der Waals surface area (Å²) < 4.78 is 10.7. The average molecular weight is 215 g/mol. The highest BCUT2D eigenvalue weighted by Gasteiger charge is 2.37. The molecule has 0 aromatic heterocycles. The van der Waals surface area contributed by atoms with E-state index in [9.17, 15) is 4.79 Å². The SMILES string of the molecule is O=C1C=CC2NC1c1cc3c(cc12)OCO3. The van der Waals surface area contributed by atoms with Crippen molar-refractivity contribution in [3.63, 3.8) is 0 Å². The molecule has 0 aliphatic carbocycles. The molecule has 0 radical (unpaired) electrons. The predicted octanol–water partition coefficient (Wildman–Crippen LogP) is 1.24. The van der Waals surface area contributed by atoms with Crippen molar-refractivity contribution >= 4 is 5.78 Å². The van der Waals surface area contributed by atoms with Crippen LogP contribution in [0.3, 0.4) is 0 Å². The van der Waals surface area contributed by atoms with Gasteiger partial charge in [0.25, 0.3) is 0 Å². The van der Waals surface area contributed by atoms with E-state index >= 15 is 0 Å². The first-order valence-electron chi connectivity index (χ1n) is 5.24. The maximum absolute atomic E-state index is 11.7. The highest BCUT2D eigenvalue weighted by molar-refractivity contribution is 5.97. The van der Waals surface area contributed by atoms with Crippen LogP contribution in [0.2, 0.25) is 0 Å². The summed E-state index contributed by atoms with van der Waals surface area (Å²) >= 11 is 0. The van der Waals surface area contributed by atoms with E-state index in [0.717, 1.165) is 22.6 Å². The van der Waals surface area contributed by atoms with Gasteiger partial charge in [-0.05, 0) is 29.3 Å². The summed E-state index contributed by atoms with van der Waals surface area (Å²) in [4.78, 5) is 11.7. The Hall–Kier alpha value is -1.81. The molecule has 2 unspecified atom stereocenters. The number of rotatable bonds is 0. The second-order valence-electron chi connectivity index (χ2n) is 4.17. The van der Waals surface area contributed by atoms with Gasteiger partial charge in [-0.2, -0.15) is 0 Å². The summed E-state index contributed by atoms with van der Waals surface area (Å²) in [5.74, 6) is 1.61. The Bertz CT molecular complexity index is 535. The lowest BCUT2D eigenvalue weighted by Gasteiger charge is -2.14. The van der Waals surface area contributed by atoms with Gasteiger partial charge in [-0.1, -0.05) is 6.08 Å². The molecule has 4 rings (SSSR count). The summed E-state index contributed by atoms with van der Waals surface area (Å²) in [6, 6.07) is 3.81. The Labute approximate surface area is 91.9 Å². The minimum Gasteiger partial charge on any atom is -0.454 e. The first kappa shape index (κ1) is 8.35. The lowest BCUT2D eigenvalue weighted by Crippen LogP contribution is -2.26. The van der Waals surface area contributed by atoms with Gasteiger partial charge in [0.05, 0.1) is 12.1 Å². The van der Waals surface area contributed by atoms with Gasteiger partial charge in [0.1, 0.15) is 0 Å². The van der Waals surface area contributed by atoms with Crippen molar-refractivity contribution in [2.45, 2.75) is 12.1 Å². The zero-order chi connectivity index (χ0) is 10.7. The fourth-order valence-electron chi connectivity index (χ4n) is 2.53. The topological polar surface area (TPSA) is 47.6 Å². The molecule has 1 N–H and O–H groups in total. The average Bonchev–Trinajstić information content (AvgIpc) is 2.85. The van der Waals surface area contributed by atoms with E-state index in [1.165, 1.54) is 0 Å². The molecule has 16 heavy (non-hydrogen) atoms. The molecule has 0 amide bonds. The molecular formula is C12H9NO3. The van der Waals surface area contributed by atoms with Gasteiger partial charge in [0, 0.05) is 0 Å². The van der Waals surface area contributed by atoms with E-state index in [2.05, 4.69) is 5.32 Å². The quantitative estimate of drug-likeness (QED) is 0.707. The number of hydrogen-bond donors (Lipinski definition) is 1. The van der Waals surface area contributed by atoms with Crippen molar-refractivity contribution < 1.29 is 14.3 Å². The molecule has 0 fully saturated rings. The molecule has 3 aliphatic heterocycles. The minimum absolute atomic E-state index is 0.105. The Morgan fingerprint density at radius 1 is 1.19 bits per heavy atom. The van der Waals surface area contributed by atoms with Gasteiger partial charge in [-0.15, -0.1) is 0 Å². The lowest BCUT2D eigenvalue weighted by molar-refractivity contribution is -0.116. The Morgan fingerprint density at radius 2 is 1.94 bits per heavy atom. The van der Waals surface area contributed by atoms with E-state index in [1.54, 1.807) is 6.08 Å². The number of hydrogen-bond acceptors (Lipinski definition) is 4. The second kappa shape index (κ2) is 2.65. The maximum atomic E-state index is 11.7. The molecule has 4 nitrogen and oxygen atoms in total. The van der Waals surface area contributed by atoms with Crippen molar-refractivity contribution in [2.24, 2.45) is 0 Å². The molecule has 3 aliphatic rings. The molecule has 1 aromatic carbocycles. The van der Waals surface area contributed by atoms with Crippen LogP contribution in [0.15, 0.2) is 24.3 Å². The number of ketones is 1. The largest absolute Gasteiger partial charge is 0.454 e. The molecular weight excluding hydrogens is 206 g/mol. The van der Waals surface area contributed by atoms with E-state index < -0.39 is 0 Å². The Balaban J connectivity index is 1.95. The number of nitrogens with one attached hydrogen (secondary N) is 1. The summed E-state index contributed by atoms with van der Waals surface area (Å²) in [5, 5.41) is 3.26. The Kier molecular flexibility index (Phi) is 1.38. The van der Waals surface area contributed by atoms with Gasteiger partial charge in [0.2, 0.25) is 6.79 Å². The van der Waals surface area contributed by atoms with Crippen molar-refractivity contribution in [3.8, 4) is 11.5 Å². The van der Waals surface area contributed by atoms with E-state index in [-0.39, 0.29) is 24.7 Å². The van der Waals surface area contributed by atoms with Gasteiger partial charge in [-0.3, -0.25) is 10.1 Å². The van der Waals surface area contributed by atoms with Crippen LogP contribution in [-0.4, -0.2) is 12.6 Å². The summed E-state index contributed by atoms with van der Waals surface area (Å²) in [6.07, 6.45) is 3.55. The number of ether oxygens (including phenoxy) is 2. The van der Waals surface area contributed by atoms with Gasteiger partial charge in [0.15, 0.2) is 17.3 Å². The molecule has 0 saturated heterocycles. The zero-order valence-corrected chi connectivity index (χ0v) is 8.40. The van der Waals surface area contributed by atoms with Crippen molar-refractivity contribution in [3.05, 3.63) is 35.4 Å². The maximum Gasteiger partial charge on any atom is 0.231 e. The third-order valence-electron chi connectivity index (χ3n) is 3.31. The van der Waals surface area contributed by atoms with Crippen molar-refractivity contribution in [2.75, 3.05) is 6.79 Å². The first-order valence-corrected chi connectivity index (χ1v) is 5.24. The fraction of sp³-hybridized carbons (Fsp3) is 0.250. The molecule has 0 saturated carbocycles. The molecule has 80 valence electrons. The lowest BCUT2D eigenvalue weighted by atomic mass is 10.0. The number of carbonyl (C=O) groups excluding carboxylic acids is 1. The third kappa shape index (κ3) is 0.900. The van der Waals surface area contributed by atoms with Gasteiger partial charge < -0.3 is 9.47 Å². The highest BCUT2D eigenvalue weighted by atomic mass is 16.7. The highest BCUT2D eigenvalue weighted by Crippen LogP contribution is 2.44. The van der Waals surface area contributed by atoms with Crippen LogP contribution in [0.1, 0.15) is 23.2 Å². The smallest absolute Gasteiger partial charge is 0.231 e. The molecule has 2 atom stereocenters. The number of fused-ring (bicyclic) bond motifs is 6. The normalized spacial score (nSPS) is 28.4. The summed E-state index contributed by atoms with van der Waals surface area (Å²) in [5.41, 5.74) is 2.14.